The average molecular weight is 286 g/mol. The molecule has 1 aliphatic heterocycles. The third kappa shape index (κ3) is 4.06. The maximum Gasteiger partial charge on any atom is 0.338 e. The van der Waals surface area contributed by atoms with Gasteiger partial charge in [0, 0.05) is 13.1 Å². The van der Waals surface area contributed by atoms with Gasteiger partial charge in [0.1, 0.15) is 0 Å². The first-order valence-electron chi connectivity index (χ1n) is 7.05. The van der Waals surface area contributed by atoms with Crippen LogP contribution in [0.15, 0.2) is 24.3 Å². The number of benzene rings is 1. The van der Waals surface area contributed by atoms with Crippen molar-refractivity contribution in [1.29, 1.82) is 5.26 Å². The minimum absolute atomic E-state index is 0.149. The predicted molar refractivity (Wildman–Crippen MR) is 76.4 cm³/mol. The molecule has 0 unspecified atom stereocenters. The molecule has 1 saturated heterocycles. The van der Waals surface area contributed by atoms with E-state index in [1.165, 1.54) is 12.1 Å². The highest BCUT2D eigenvalue weighted by atomic mass is 16.5. The molecule has 1 fully saturated rings. The zero-order valence-electron chi connectivity index (χ0n) is 12.0. The van der Waals surface area contributed by atoms with Crippen molar-refractivity contribution in [1.82, 2.24) is 4.90 Å². The van der Waals surface area contributed by atoms with Crippen molar-refractivity contribution in [2.75, 3.05) is 19.7 Å². The van der Waals surface area contributed by atoms with Gasteiger partial charge in [-0.15, -0.1) is 0 Å². The summed E-state index contributed by atoms with van der Waals surface area (Å²) in [6, 6.07) is 8.11. The standard InChI is InChI=1S/C16H18N2O3/c1-12-3-2-8-18(10-12)15(19)11-21-16(20)14-6-4-13(9-17)5-7-14/h4-7,12H,2-3,8,10-11H2,1H3/t12-/m0/s1. The highest BCUT2D eigenvalue weighted by Crippen LogP contribution is 2.15. The summed E-state index contributed by atoms with van der Waals surface area (Å²) >= 11 is 0. The van der Waals surface area contributed by atoms with Crippen LogP contribution in [0.5, 0.6) is 0 Å². The number of likely N-dealkylation sites (tertiary alicyclic amines) is 1. The summed E-state index contributed by atoms with van der Waals surface area (Å²) in [4.78, 5) is 25.6. The molecular formula is C16H18N2O3. The van der Waals surface area contributed by atoms with Crippen molar-refractivity contribution < 1.29 is 14.3 Å². The van der Waals surface area contributed by atoms with E-state index in [1.807, 2.05) is 6.07 Å². The van der Waals surface area contributed by atoms with E-state index < -0.39 is 5.97 Å². The Bertz CT molecular complexity index is 560. The minimum Gasteiger partial charge on any atom is -0.452 e. The van der Waals surface area contributed by atoms with Crippen molar-refractivity contribution in [3.63, 3.8) is 0 Å². The Morgan fingerprint density at radius 3 is 2.71 bits per heavy atom. The molecule has 0 radical (unpaired) electrons. The van der Waals surface area contributed by atoms with Gasteiger partial charge in [-0.05, 0) is 43.0 Å². The van der Waals surface area contributed by atoms with Crippen molar-refractivity contribution >= 4 is 11.9 Å². The summed E-state index contributed by atoms with van der Waals surface area (Å²) in [5.41, 5.74) is 0.818. The second kappa shape index (κ2) is 6.89. The molecule has 1 amide bonds. The molecule has 1 heterocycles. The van der Waals surface area contributed by atoms with E-state index in [4.69, 9.17) is 10.00 Å². The largest absolute Gasteiger partial charge is 0.452 e. The van der Waals surface area contributed by atoms with E-state index in [0.717, 1.165) is 25.9 Å². The third-order valence-corrected chi connectivity index (χ3v) is 3.59. The smallest absolute Gasteiger partial charge is 0.338 e. The Kier molecular flexibility index (Phi) is 4.94. The number of esters is 1. The fraction of sp³-hybridized carbons (Fsp3) is 0.438. The van der Waals surface area contributed by atoms with Gasteiger partial charge < -0.3 is 9.64 Å². The molecule has 110 valence electrons. The first-order chi connectivity index (χ1) is 10.1. The fourth-order valence-corrected chi connectivity index (χ4v) is 2.40. The monoisotopic (exact) mass is 286 g/mol. The highest BCUT2D eigenvalue weighted by molar-refractivity contribution is 5.91. The summed E-state index contributed by atoms with van der Waals surface area (Å²) in [7, 11) is 0. The normalized spacial score (nSPS) is 17.9. The van der Waals surface area contributed by atoms with Crippen LogP contribution in [0, 0.1) is 17.2 Å². The number of carbonyl (C=O) groups excluding carboxylic acids is 2. The Morgan fingerprint density at radius 1 is 1.38 bits per heavy atom. The molecule has 0 spiro atoms. The molecule has 0 aliphatic carbocycles. The van der Waals surface area contributed by atoms with Crippen LogP contribution >= 0.6 is 0 Å². The van der Waals surface area contributed by atoms with Crippen molar-refractivity contribution in [2.24, 2.45) is 5.92 Å². The molecule has 1 aromatic carbocycles. The SMILES string of the molecule is C[C@H]1CCCN(C(=O)COC(=O)c2ccc(C#N)cc2)C1. The average Bonchev–Trinajstić information content (AvgIpc) is 2.52. The number of carbonyl (C=O) groups is 2. The summed E-state index contributed by atoms with van der Waals surface area (Å²) in [5.74, 6) is -0.196. The van der Waals surface area contributed by atoms with E-state index in [1.54, 1.807) is 17.0 Å². The van der Waals surface area contributed by atoms with Gasteiger partial charge in [0.2, 0.25) is 0 Å². The van der Waals surface area contributed by atoms with Crippen LogP contribution in [0.2, 0.25) is 0 Å². The van der Waals surface area contributed by atoms with Crippen molar-refractivity contribution in [3.05, 3.63) is 35.4 Å². The number of piperidine rings is 1. The van der Waals surface area contributed by atoms with Crippen LogP contribution in [0.1, 0.15) is 35.7 Å². The third-order valence-electron chi connectivity index (χ3n) is 3.59. The molecule has 0 saturated carbocycles. The predicted octanol–water partition coefficient (Wildman–Crippen LogP) is 1.97. The van der Waals surface area contributed by atoms with E-state index in [2.05, 4.69) is 6.92 Å². The minimum atomic E-state index is -0.544. The Labute approximate surface area is 124 Å². The van der Waals surface area contributed by atoms with Gasteiger partial charge in [-0.1, -0.05) is 6.92 Å². The van der Waals surface area contributed by atoms with Gasteiger partial charge in [-0.3, -0.25) is 4.79 Å². The summed E-state index contributed by atoms with van der Waals surface area (Å²) in [5, 5.41) is 8.69. The number of amides is 1. The van der Waals surface area contributed by atoms with Crippen LogP contribution in [-0.2, 0) is 9.53 Å². The zero-order valence-corrected chi connectivity index (χ0v) is 12.0. The fourth-order valence-electron chi connectivity index (χ4n) is 2.40. The van der Waals surface area contributed by atoms with E-state index >= 15 is 0 Å². The van der Waals surface area contributed by atoms with Crippen molar-refractivity contribution in [3.8, 4) is 6.07 Å². The molecule has 0 bridgehead atoms. The molecule has 0 N–H and O–H groups in total. The lowest BCUT2D eigenvalue weighted by Gasteiger charge is -2.30. The zero-order chi connectivity index (χ0) is 15.2. The van der Waals surface area contributed by atoms with Gasteiger partial charge in [0.25, 0.3) is 5.91 Å². The van der Waals surface area contributed by atoms with E-state index in [0.29, 0.717) is 17.0 Å². The van der Waals surface area contributed by atoms with Gasteiger partial charge in [0.05, 0.1) is 17.2 Å². The molecular weight excluding hydrogens is 268 g/mol. The summed E-state index contributed by atoms with van der Waals surface area (Å²) < 4.78 is 5.04. The highest BCUT2D eigenvalue weighted by Gasteiger charge is 2.22. The maximum atomic E-state index is 12.0. The van der Waals surface area contributed by atoms with Crippen LogP contribution in [0.4, 0.5) is 0 Å². The van der Waals surface area contributed by atoms with Crippen LogP contribution < -0.4 is 0 Å². The van der Waals surface area contributed by atoms with Gasteiger partial charge >= 0.3 is 5.97 Å². The van der Waals surface area contributed by atoms with Gasteiger partial charge in [0.15, 0.2) is 6.61 Å². The van der Waals surface area contributed by atoms with Crippen LogP contribution in [-0.4, -0.2) is 36.5 Å². The molecule has 0 aromatic heterocycles. The number of ether oxygens (including phenoxy) is 1. The second-order valence-corrected chi connectivity index (χ2v) is 5.35. The number of hydrogen-bond acceptors (Lipinski definition) is 4. The molecule has 5 nitrogen and oxygen atoms in total. The first kappa shape index (κ1) is 15.0. The summed E-state index contributed by atoms with van der Waals surface area (Å²) in [6.45, 7) is 3.35. The second-order valence-electron chi connectivity index (χ2n) is 5.35. The topological polar surface area (TPSA) is 70.4 Å². The Balaban J connectivity index is 1.85. The number of hydrogen-bond donors (Lipinski definition) is 0. The van der Waals surface area contributed by atoms with Crippen LogP contribution in [0.3, 0.4) is 0 Å². The molecule has 1 aliphatic rings. The number of nitrogens with zero attached hydrogens (tertiary/aromatic N) is 2. The Morgan fingerprint density at radius 2 is 2.10 bits per heavy atom. The molecule has 1 atom stereocenters. The lowest BCUT2D eigenvalue weighted by molar-refractivity contribution is -0.136. The maximum absolute atomic E-state index is 12.0. The molecule has 2 rings (SSSR count). The molecule has 1 aromatic rings. The van der Waals surface area contributed by atoms with E-state index in [-0.39, 0.29) is 12.5 Å². The van der Waals surface area contributed by atoms with Crippen molar-refractivity contribution in [2.45, 2.75) is 19.8 Å². The van der Waals surface area contributed by atoms with Crippen LogP contribution in [0.25, 0.3) is 0 Å². The van der Waals surface area contributed by atoms with E-state index in [9.17, 15) is 9.59 Å². The number of rotatable bonds is 3. The lowest BCUT2D eigenvalue weighted by atomic mass is 10.0. The molecule has 21 heavy (non-hydrogen) atoms. The quantitative estimate of drug-likeness (QED) is 0.797. The molecule has 5 heteroatoms. The van der Waals surface area contributed by atoms with Gasteiger partial charge in [-0.25, -0.2) is 4.79 Å². The summed E-state index contributed by atoms with van der Waals surface area (Å²) in [6.07, 6.45) is 2.13. The number of nitriles is 1. The lowest BCUT2D eigenvalue weighted by Crippen LogP contribution is -2.41. The van der Waals surface area contributed by atoms with Gasteiger partial charge in [-0.2, -0.15) is 5.26 Å². The Hall–Kier alpha value is -2.35. The first-order valence-corrected chi connectivity index (χ1v) is 7.05.